The van der Waals surface area contributed by atoms with Gasteiger partial charge in [0, 0.05) is 35.8 Å². The van der Waals surface area contributed by atoms with Gasteiger partial charge in [0.2, 0.25) is 0 Å². The molecule has 0 saturated carbocycles. The molecule has 12 nitrogen and oxygen atoms in total. The van der Waals surface area contributed by atoms with Gasteiger partial charge >= 0.3 is 6.03 Å². The molecular formula is C31H34N6O6S. The van der Waals surface area contributed by atoms with Gasteiger partial charge in [0.05, 0.1) is 44.0 Å². The fourth-order valence-electron chi connectivity index (χ4n) is 3.94. The summed E-state index contributed by atoms with van der Waals surface area (Å²) >= 11 is 1.66. The van der Waals surface area contributed by atoms with Gasteiger partial charge in [-0.3, -0.25) is 25.4 Å². The predicted octanol–water partition coefficient (Wildman–Crippen LogP) is 4.48. The zero-order chi connectivity index (χ0) is 31.1. The molecule has 2 aromatic heterocycles. The van der Waals surface area contributed by atoms with Gasteiger partial charge in [0.1, 0.15) is 17.2 Å². The molecule has 2 heterocycles. The molecule has 0 radical (unpaired) electrons. The Morgan fingerprint density at radius 2 is 1.64 bits per heavy atom. The highest BCUT2D eigenvalue weighted by Crippen LogP contribution is 2.26. The Labute approximate surface area is 259 Å². The summed E-state index contributed by atoms with van der Waals surface area (Å²) in [5.41, 5.74) is 6.95. The number of nitrogens with one attached hydrogen (secondary N) is 5. The monoisotopic (exact) mass is 618 g/mol. The van der Waals surface area contributed by atoms with Crippen LogP contribution in [0.5, 0.6) is 17.2 Å². The maximum atomic E-state index is 13.1. The normalized spacial score (nSPS) is 10.3. The molecule has 5 N–H and O–H groups in total. The van der Waals surface area contributed by atoms with E-state index in [9.17, 15) is 14.4 Å². The highest BCUT2D eigenvalue weighted by atomic mass is 32.1. The number of anilines is 2. The quantitative estimate of drug-likeness (QED) is 0.0966. The van der Waals surface area contributed by atoms with Gasteiger partial charge in [-0.25, -0.2) is 4.79 Å². The number of hydrogen-bond donors (Lipinski definition) is 5. The summed E-state index contributed by atoms with van der Waals surface area (Å²) in [5.74, 6) is 0.633. The van der Waals surface area contributed by atoms with Gasteiger partial charge in [-0.2, -0.15) is 0 Å². The Balaban J connectivity index is 1.28. The summed E-state index contributed by atoms with van der Waals surface area (Å²) in [5, 5.41) is 10.4. The molecule has 0 unspecified atom stereocenters. The minimum absolute atomic E-state index is 0.246. The van der Waals surface area contributed by atoms with E-state index in [4.69, 9.17) is 14.2 Å². The summed E-state index contributed by atoms with van der Waals surface area (Å²) in [6.45, 7) is 1.20. The van der Waals surface area contributed by atoms with Crippen LogP contribution in [-0.2, 0) is 6.42 Å². The average molecular weight is 619 g/mol. The number of ether oxygens (including phenoxy) is 3. The summed E-state index contributed by atoms with van der Waals surface area (Å²) in [4.78, 5) is 43.2. The summed E-state index contributed by atoms with van der Waals surface area (Å²) in [6, 6.07) is 16.9. The molecule has 0 fully saturated rings. The van der Waals surface area contributed by atoms with Crippen molar-refractivity contribution in [1.82, 2.24) is 21.0 Å². The van der Waals surface area contributed by atoms with Crippen LogP contribution >= 0.6 is 11.3 Å². The second kappa shape index (κ2) is 16.4. The molecule has 0 atom stereocenters. The largest absolute Gasteiger partial charge is 0.497 e. The fraction of sp³-hybridized carbons (Fsp3) is 0.226. The minimum Gasteiger partial charge on any atom is -0.497 e. The third kappa shape index (κ3) is 9.36. The first-order valence-corrected chi connectivity index (χ1v) is 14.7. The van der Waals surface area contributed by atoms with Gasteiger partial charge in [-0.05, 0) is 66.8 Å². The standard InChI is InChI=1S/C31H34N6O6S/c1-41-22-8-6-21(7-9-22)29(38)35-27-20-32-15-13-26(27)36-37-30(39)25-11-10-23(42-2)19-28(25)43-17-4-14-33-31(40)34-16-12-24-5-3-18-44-24/h3,5-11,13,15,18-20H,4,12,14,16-17H2,1-2H3,(H,32,36)(H,35,38)(H,37,39)(H2,33,34,40). The number of rotatable bonds is 15. The molecule has 4 rings (SSSR count). The SMILES string of the molecule is COc1ccc(C(=O)Nc2cnccc2NNC(=O)c2ccc(OC)cc2OCCCNC(=O)NCCc2cccs2)cc1. The number of nitrogens with zero attached hydrogens (tertiary/aromatic N) is 1. The van der Waals surface area contributed by atoms with E-state index in [2.05, 4.69) is 31.8 Å². The molecular weight excluding hydrogens is 584 g/mol. The van der Waals surface area contributed by atoms with Crippen molar-refractivity contribution >= 4 is 40.6 Å². The number of pyridine rings is 1. The van der Waals surface area contributed by atoms with Crippen LogP contribution in [0.15, 0.2) is 78.4 Å². The van der Waals surface area contributed by atoms with Crippen LogP contribution in [0.2, 0.25) is 0 Å². The number of urea groups is 1. The maximum Gasteiger partial charge on any atom is 0.314 e. The molecule has 44 heavy (non-hydrogen) atoms. The fourth-order valence-corrected chi connectivity index (χ4v) is 4.65. The van der Waals surface area contributed by atoms with E-state index in [-0.39, 0.29) is 24.1 Å². The first-order valence-electron chi connectivity index (χ1n) is 13.8. The third-order valence-corrected chi connectivity index (χ3v) is 7.20. The van der Waals surface area contributed by atoms with E-state index < -0.39 is 5.91 Å². The number of aromatic nitrogens is 1. The number of benzene rings is 2. The van der Waals surface area contributed by atoms with Crippen molar-refractivity contribution < 1.29 is 28.6 Å². The van der Waals surface area contributed by atoms with Gasteiger partial charge < -0.3 is 30.2 Å². The topological polar surface area (TPSA) is 152 Å². The Kier molecular flexibility index (Phi) is 11.8. The lowest BCUT2D eigenvalue weighted by molar-refractivity contribution is 0.0958. The molecule has 0 aliphatic heterocycles. The molecule has 0 saturated heterocycles. The van der Waals surface area contributed by atoms with Crippen molar-refractivity contribution in [2.24, 2.45) is 0 Å². The van der Waals surface area contributed by atoms with Gasteiger partial charge in [-0.1, -0.05) is 6.07 Å². The Hall–Kier alpha value is -5.30. The minimum atomic E-state index is -0.477. The number of methoxy groups -OCH3 is 2. The summed E-state index contributed by atoms with van der Waals surface area (Å²) in [7, 11) is 3.07. The third-order valence-electron chi connectivity index (χ3n) is 6.27. The molecule has 0 bridgehead atoms. The average Bonchev–Trinajstić information content (AvgIpc) is 3.57. The summed E-state index contributed by atoms with van der Waals surface area (Å²) in [6.07, 6.45) is 4.29. The van der Waals surface area contributed by atoms with E-state index in [1.54, 1.807) is 67.0 Å². The number of carbonyl (C=O) groups is 3. The smallest absolute Gasteiger partial charge is 0.314 e. The van der Waals surface area contributed by atoms with Crippen molar-refractivity contribution in [3.05, 3.63) is 94.4 Å². The van der Waals surface area contributed by atoms with Gasteiger partial charge in [-0.15, -0.1) is 11.3 Å². The molecule has 0 aliphatic carbocycles. The zero-order valence-corrected chi connectivity index (χ0v) is 25.2. The van der Waals surface area contributed by atoms with E-state index >= 15 is 0 Å². The van der Waals surface area contributed by atoms with Gasteiger partial charge in [0.15, 0.2) is 0 Å². The zero-order valence-electron chi connectivity index (χ0n) is 24.3. The van der Waals surface area contributed by atoms with Crippen LogP contribution in [0.4, 0.5) is 16.2 Å². The second-order valence-electron chi connectivity index (χ2n) is 9.26. The van der Waals surface area contributed by atoms with Crippen molar-refractivity contribution in [3.63, 3.8) is 0 Å². The van der Waals surface area contributed by atoms with Crippen LogP contribution in [0.3, 0.4) is 0 Å². The lowest BCUT2D eigenvalue weighted by Gasteiger charge is -2.16. The summed E-state index contributed by atoms with van der Waals surface area (Å²) < 4.78 is 16.3. The number of thiophene rings is 1. The number of carbonyl (C=O) groups excluding carboxylic acids is 3. The van der Waals surface area contributed by atoms with E-state index in [0.717, 1.165) is 6.42 Å². The van der Waals surface area contributed by atoms with E-state index in [1.165, 1.54) is 24.4 Å². The molecule has 2 aromatic carbocycles. The van der Waals surface area contributed by atoms with Crippen LogP contribution in [0.1, 0.15) is 32.0 Å². The van der Waals surface area contributed by atoms with Crippen molar-refractivity contribution in [2.45, 2.75) is 12.8 Å². The van der Waals surface area contributed by atoms with Crippen molar-refractivity contribution in [3.8, 4) is 17.2 Å². The second-order valence-corrected chi connectivity index (χ2v) is 10.3. The first kappa shape index (κ1) is 31.6. The molecule has 230 valence electrons. The van der Waals surface area contributed by atoms with Crippen LogP contribution in [0.25, 0.3) is 0 Å². The van der Waals surface area contributed by atoms with E-state index in [1.807, 2.05) is 17.5 Å². The first-order chi connectivity index (χ1) is 21.5. The lowest BCUT2D eigenvalue weighted by atomic mass is 10.2. The molecule has 4 aromatic rings. The van der Waals surface area contributed by atoms with Crippen LogP contribution in [0, 0.1) is 0 Å². The Morgan fingerprint density at radius 3 is 2.39 bits per heavy atom. The Bertz CT molecular complexity index is 1530. The van der Waals surface area contributed by atoms with Crippen LogP contribution in [-0.4, -0.2) is 56.7 Å². The maximum absolute atomic E-state index is 13.1. The van der Waals surface area contributed by atoms with Crippen molar-refractivity contribution in [2.75, 3.05) is 44.7 Å². The molecule has 13 heteroatoms. The number of amides is 4. The Morgan fingerprint density at radius 1 is 0.864 bits per heavy atom. The van der Waals surface area contributed by atoms with Crippen molar-refractivity contribution in [1.29, 1.82) is 0 Å². The molecule has 0 aliphatic rings. The highest BCUT2D eigenvalue weighted by Gasteiger charge is 2.16. The highest BCUT2D eigenvalue weighted by molar-refractivity contribution is 7.09. The number of hydrazine groups is 1. The predicted molar refractivity (Wildman–Crippen MR) is 169 cm³/mol. The lowest BCUT2D eigenvalue weighted by Crippen LogP contribution is -2.37. The number of hydrogen-bond acceptors (Lipinski definition) is 9. The molecule has 0 spiro atoms. The van der Waals surface area contributed by atoms with Gasteiger partial charge in [0.25, 0.3) is 11.8 Å². The molecule has 4 amide bonds. The van der Waals surface area contributed by atoms with Crippen LogP contribution < -0.4 is 41.0 Å². The van der Waals surface area contributed by atoms with E-state index in [0.29, 0.717) is 53.7 Å².